The van der Waals surface area contributed by atoms with E-state index in [-0.39, 0.29) is 5.91 Å². The number of thioether (sulfide) groups is 1. The Morgan fingerprint density at radius 1 is 1.29 bits per heavy atom. The van der Waals surface area contributed by atoms with Crippen molar-refractivity contribution in [2.24, 2.45) is 0 Å². The maximum atomic E-state index is 12.2. The zero-order valence-corrected chi connectivity index (χ0v) is 15.0. The number of H-pyrrole nitrogens is 1. The fourth-order valence-corrected chi connectivity index (χ4v) is 3.65. The summed E-state index contributed by atoms with van der Waals surface area (Å²) in [6, 6.07) is 10.0. The molecular weight excluding hydrogens is 342 g/mol. The van der Waals surface area contributed by atoms with Gasteiger partial charge in [-0.3, -0.25) is 9.89 Å². The summed E-state index contributed by atoms with van der Waals surface area (Å²) in [5.41, 5.74) is 1.99. The summed E-state index contributed by atoms with van der Waals surface area (Å²) >= 11 is 2.92. The van der Waals surface area contributed by atoms with Crippen LogP contribution in [0.5, 0.6) is 0 Å². The Morgan fingerprint density at radius 2 is 2.08 bits per heavy atom. The smallest absolute Gasteiger partial charge is 0.233 e. The maximum absolute atomic E-state index is 12.2. The van der Waals surface area contributed by atoms with Gasteiger partial charge in [-0.25, -0.2) is 9.97 Å². The highest BCUT2D eigenvalue weighted by atomic mass is 32.2. The highest BCUT2D eigenvalue weighted by Crippen LogP contribution is 2.24. The number of thiazole rings is 1. The molecule has 0 atom stereocenters. The first-order chi connectivity index (χ1) is 11.6. The number of aryl methyl sites for hydroxylation is 1. The quantitative estimate of drug-likeness (QED) is 0.685. The van der Waals surface area contributed by atoms with Crippen molar-refractivity contribution in [3.63, 3.8) is 0 Å². The highest BCUT2D eigenvalue weighted by molar-refractivity contribution is 7.99. The molecule has 0 spiro atoms. The van der Waals surface area contributed by atoms with Crippen LogP contribution in [-0.4, -0.2) is 43.8 Å². The predicted molar refractivity (Wildman–Crippen MR) is 95.9 cm³/mol. The van der Waals surface area contributed by atoms with Gasteiger partial charge in [-0.05, 0) is 6.92 Å². The van der Waals surface area contributed by atoms with Gasteiger partial charge in [0.15, 0.2) is 0 Å². The SMILES string of the molecule is Cc1nc(SCC(=O)N(C)Cc2csc(-c3ccccc3)n2)n[nH]1. The van der Waals surface area contributed by atoms with Crippen LogP contribution in [0.1, 0.15) is 11.5 Å². The number of nitrogens with one attached hydrogen (secondary N) is 1. The number of nitrogens with zero attached hydrogens (tertiary/aromatic N) is 4. The first kappa shape index (κ1) is 16.7. The lowest BCUT2D eigenvalue weighted by molar-refractivity contribution is -0.127. The average molecular weight is 359 g/mol. The molecule has 0 aliphatic rings. The fraction of sp³-hybridized carbons (Fsp3) is 0.250. The van der Waals surface area contributed by atoms with Crippen molar-refractivity contribution < 1.29 is 4.79 Å². The number of aromatic nitrogens is 4. The van der Waals surface area contributed by atoms with Crippen LogP contribution in [0.4, 0.5) is 0 Å². The minimum Gasteiger partial charge on any atom is -0.339 e. The molecule has 0 saturated carbocycles. The van der Waals surface area contributed by atoms with E-state index in [1.54, 1.807) is 23.3 Å². The van der Waals surface area contributed by atoms with Gasteiger partial charge in [0.25, 0.3) is 0 Å². The van der Waals surface area contributed by atoms with E-state index in [9.17, 15) is 4.79 Å². The predicted octanol–water partition coefficient (Wildman–Crippen LogP) is 2.99. The Hall–Kier alpha value is -2.19. The molecule has 0 aliphatic heterocycles. The molecule has 24 heavy (non-hydrogen) atoms. The van der Waals surface area contributed by atoms with Gasteiger partial charge < -0.3 is 4.90 Å². The van der Waals surface area contributed by atoms with Crippen LogP contribution >= 0.6 is 23.1 Å². The van der Waals surface area contributed by atoms with Gasteiger partial charge in [-0.15, -0.1) is 16.4 Å². The van der Waals surface area contributed by atoms with Crippen LogP contribution in [0.15, 0.2) is 40.9 Å². The summed E-state index contributed by atoms with van der Waals surface area (Å²) < 4.78 is 0. The summed E-state index contributed by atoms with van der Waals surface area (Å²) in [5, 5.41) is 10.3. The van der Waals surface area contributed by atoms with Gasteiger partial charge >= 0.3 is 0 Å². The van der Waals surface area contributed by atoms with Crippen molar-refractivity contribution in [1.29, 1.82) is 0 Å². The third kappa shape index (κ3) is 4.21. The van der Waals surface area contributed by atoms with Crippen LogP contribution in [0.3, 0.4) is 0 Å². The second kappa shape index (κ2) is 7.59. The number of carbonyl (C=O) groups is 1. The second-order valence-electron chi connectivity index (χ2n) is 5.25. The molecule has 1 aromatic carbocycles. The van der Waals surface area contributed by atoms with Crippen molar-refractivity contribution in [1.82, 2.24) is 25.1 Å². The zero-order valence-electron chi connectivity index (χ0n) is 13.4. The lowest BCUT2D eigenvalue weighted by Crippen LogP contribution is -2.27. The minimum absolute atomic E-state index is 0.0247. The molecular formula is C16H17N5OS2. The lowest BCUT2D eigenvalue weighted by atomic mass is 10.2. The number of carbonyl (C=O) groups excluding carboxylic acids is 1. The molecule has 0 bridgehead atoms. The molecule has 0 saturated heterocycles. The van der Waals surface area contributed by atoms with E-state index in [2.05, 4.69) is 20.2 Å². The summed E-state index contributed by atoms with van der Waals surface area (Å²) in [6.45, 7) is 2.33. The third-order valence-corrected chi connectivity index (χ3v) is 5.07. The Bertz CT molecular complexity index is 815. The zero-order chi connectivity index (χ0) is 16.9. The number of amides is 1. The molecule has 2 aromatic heterocycles. The van der Waals surface area contributed by atoms with E-state index < -0.39 is 0 Å². The van der Waals surface area contributed by atoms with E-state index >= 15 is 0 Å². The Labute approximate surface area is 148 Å². The molecule has 3 aromatic rings. The molecule has 3 rings (SSSR count). The minimum atomic E-state index is 0.0247. The maximum Gasteiger partial charge on any atom is 0.233 e. The summed E-state index contributed by atoms with van der Waals surface area (Å²) in [7, 11) is 1.79. The van der Waals surface area contributed by atoms with Gasteiger partial charge in [-0.1, -0.05) is 42.1 Å². The van der Waals surface area contributed by atoms with E-state index in [0.717, 1.165) is 22.1 Å². The van der Waals surface area contributed by atoms with Gasteiger partial charge in [0.2, 0.25) is 11.1 Å². The molecule has 124 valence electrons. The van der Waals surface area contributed by atoms with Crippen molar-refractivity contribution >= 4 is 29.0 Å². The molecule has 8 heteroatoms. The van der Waals surface area contributed by atoms with Crippen molar-refractivity contribution in [2.75, 3.05) is 12.8 Å². The third-order valence-electron chi connectivity index (χ3n) is 3.30. The van der Waals surface area contributed by atoms with Crippen LogP contribution < -0.4 is 0 Å². The second-order valence-corrected chi connectivity index (χ2v) is 7.05. The Balaban J connectivity index is 1.55. The number of benzene rings is 1. The Kier molecular flexibility index (Phi) is 5.27. The van der Waals surface area contributed by atoms with E-state index in [1.807, 2.05) is 42.6 Å². The number of rotatable bonds is 6. The standard InChI is InChI=1S/C16H17N5OS2/c1-11-17-16(20-19-11)24-10-14(22)21(2)8-13-9-23-15(18-13)12-6-4-3-5-7-12/h3-7,9H,8,10H2,1-2H3,(H,17,19,20). The van der Waals surface area contributed by atoms with E-state index in [1.165, 1.54) is 11.8 Å². The number of aromatic amines is 1. The van der Waals surface area contributed by atoms with Crippen LogP contribution in [-0.2, 0) is 11.3 Å². The Morgan fingerprint density at radius 3 is 2.79 bits per heavy atom. The van der Waals surface area contributed by atoms with E-state index in [0.29, 0.717) is 17.5 Å². The van der Waals surface area contributed by atoms with Crippen LogP contribution in [0, 0.1) is 6.92 Å². The average Bonchev–Trinajstić information content (AvgIpc) is 3.22. The first-order valence-corrected chi connectivity index (χ1v) is 9.24. The van der Waals surface area contributed by atoms with Crippen LogP contribution in [0.25, 0.3) is 10.6 Å². The number of hydrogen-bond donors (Lipinski definition) is 1. The molecule has 2 heterocycles. The van der Waals surface area contributed by atoms with Gasteiger partial charge in [-0.2, -0.15) is 0 Å². The monoisotopic (exact) mass is 359 g/mol. The van der Waals surface area contributed by atoms with Crippen molar-refractivity contribution in [2.45, 2.75) is 18.6 Å². The van der Waals surface area contributed by atoms with Gasteiger partial charge in [0.1, 0.15) is 10.8 Å². The molecule has 0 unspecified atom stereocenters. The molecule has 0 aliphatic carbocycles. The summed E-state index contributed by atoms with van der Waals surface area (Å²) in [4.78, 5) is 22.7. The summed E-state index contributed by atoms with van der Waals surface area (Å²) in [5.74, 6) is 1.08. The molecule has 0 radical (unpaired) electrons. The van der Waals surface area contributed by atoms with Crippen molar-refractivity contribution in [3.8, 4) is 10.6 Å². The lowest BCUT2D eigenvalue weighted by Gasteiger charge is -2.14. The normalized spacial score (nSPS) is 10.8. The molecule has 1 N–H and O–H groups in total. The van der Waals surface area contributed by atoms with Gasteiger partial charge in [0, 0.05) is 18.0 Å². The summed E-state index contributed by atoms with van der Waals surface area (Å²) in [6.07, 6.45) is 0. The molecule has 6 nitrogen and oxygen atoms in total. The van der Waals surface area contributed by atoms with Gasteiger partial charge in [0.05, 0.1) is 18.0 Å². The number of hydrogen-bond acceptors (Lipinski definition) is 6. The molecule has 1 amide bonds. The largest absolute Gasteiger partial charge is 0.339 e. The van der Waals surface area contributed by atoms with Crippen molar-refractivity contribution in [3.05, 3.63) is 47.2 Å². The fourth-order valence-electron chi connectivity index (χ4n) is 2.05. The topological polar surface area (TPSA) is 74.8 Å². The molecule has 0 fully saturated rings. The highest BCUT2D eigenvalue weighted by Gasteiger charge is 2.13. The van der Waals surface area contributed by atoms with E-state index in [4.69, 9.17) is 0 Å². The first-order valence-electron chi connectivity index (χ1n) is 7.37. The van der Waals surface area contributed by atoms with Crippen LogP contribution in [0.2, 0.25) is 0 Å².